The van der Waals surface area contributed by atoms with Crippen molar-refractivity contribution in [3.8, 4) is 0 Å². The molecule has 0 spiro atoms. The average molecular weight is 283 g/mol. The van der Waals surface area contributed by atoms with E-state index in [1.165, 1.54) is 16.3 Å². The first-order valence-electron chi connectivity index (χ1n) is 7.57. The van der Waals surface area contributed by atoms with E-state index >= 15 is 0 Å². The van der Waals surface area contributed by atoms with Gasteiger partial charge in [0.25, 0.3) is 0 Å². The Bertz CT molecular complexity index is 635. The van der Waals surface area contributed by atoms with E-state index in [1.807, 2.05) is 23.4 Å². The Hall–Kier alpha value is -1.94. The number of likely N-dealkylation sites (tertiary alicyclic amines) is 1. The molecule has 0 bridgehead atoms. The molecule has 1 aromatic heterocycles. The molecule has 0 aliphatic carbocycles. The van der Waals surface area contributed by atoms with Gasteiger partial charge in [-0.15, -0.1) is 0 Å². The van der Waals surface area contributed by atoms with Crippen molar-refractivity contribution in [3.63, 3.8) is 0 Å². The molecule has 21 heavy (non-hydrogen) atoms. The standard InChI is InChI=1S/C17H21N3O/c1-13(12-20-8-4-7-17(20)21)19-11-15-10-18-9-14-5-2-3-6-16(14)15/h2-3,5-6,9-10,13,19H,4,7-8,11-12H2,1H3. The van der Waals surface area contributed by atoms with Gasteiger partial charge in [-0.1, -0.05) is 24.3 Å². The first-order chi connectivity index (χ1) is 10.2. The number of pyridine rings is 1. The number of nitrogens with zero attached hydrogens (tertiary/aromatic N) is 2. The van der Waals surface area contributed by atoms with Crippen molar-refractivity contribution in [1.82, 2.24) is 15.2 Å². The molecule has 0 saturated carbocycles. The number of nitrogens with one attached hydrogen (secondary N) is 1. The van der Waals surface area contributed by atoms with Gasteiger partial charge in [-0.2, -0.15) is 0 Å². The predicted octanol–water partition coefficient (Wildman–Crippen LogP) is 2.34. The maximum atomic E-state index is 11.6. The molecule has 4 heteroatoms. The number of hydrogen-bond donors (Lipinski definition) is 1. The third kappa shape index (κ3) is 3.22. The number of carbonyl (C=O) groups excluding carboxylic acids is 1. The van der Waals surface area contributed by atoms with E-state index in [4.69, 9.17) is 0 Å². The monoisotopic (exact) mass is 283 g/mol. The summed E-state index contributed by atoms with van der Waals surface area (Å²) in [4.78, 5) is 17.9. The van der Waals surface area contributed by atoms with Gasteiger partial charge in [0, 0.05) is 49.9 Å². The predicted molar refractivity (Wildman–Crippen MR) is 83.9 cm³/mol. The molecular weight excluding hydrogens is 262 g/mol. The van der Waals surface area contributed by atoms with E-state index in [0.29, 0.717) is 6.42 Å². The van der Waals surface area contributed by atoms with Crippen LogP contribution in [0, 0.1) is 0 Å². The Kier molecular flexibility index (Phi) is 4.15. The van der Waals surface area contributed by atoms with Gasteiger partial charge in [-0.3, -0.25) is 9.78 Å². The molecule has 1 saturated heterocycles. The maximum absolute atomic E-state index is 11.6. The van der Waals surface area contributed by atoms with E-state index in [1.54, 1.807) is 0 Å². The number of fused-ring (bicyclic) bond motifs is 1. The number of carbonyl (C=O) groups is 1. The van der Waals surface area contributed by atoms with Crippen molar-refractivity contribution >= 4 is 16.7 Å². The number of amides is 1. The summed E-state index contributed by atoms with van der Waals surface area (Å²) in [5, 5.41) is 5.91. The fourth-order valence-corrected chi connectivity index (χ4v) is 2.90. The Balaban J connectivity index is 1.62. The van der Waals surface area contributed by atoms with Crippen LogP contribution in [0.25, 0.3) is 10.8 Å². The van der Waals surface area contributed by atoms with Gasteiger partial charge in [-0.05, 0) is 24.3 Å². The Morgan fingerprint density at radius 3 is 3.00 bits per heavy atom. The Labute approximate surface area is 125 Å². The van der Waals surface area contributed by atoms with E-state index in [-0.39, 0.29) is 11.9 Å². The summed E-state index contributed by atoms with van der Waals surface area (Å²) >= 11 is 0. The van der Waals surface area contributed by atoms with Crippen LogP contribution in [0.5, 0.6) is 0 Å². The molecule has 1 aliphatic heterocycles. The van der Waals surface area contributed by atoms with Gasteiger partial charge in [0.15, 0.2) is 0 Å². The second-order valence-corrected chi connectivity index (χ2v) is 5.75. The summed E-state index contributed by atoms with van der Waals surface area (Å²) in [7, 11) is 0. The first kappa shape index (κ1) is 14.0. The van der Waals surface area contributed by atoms with Crippen LogP contribution in [0.2, 0.25) is 0 Å². The van der Waals surface area contributed by atoms with E-state index < -0.39 is 0 Å². The molecule has 1 atom stereocenters. The molecule has 3 rings (SSSR count). The summed E-state index contributed by atoms with van der Waals surface area (Å²) in [5.41, 5.74) is 1.20. The lowest BCUT2D eigenvalue weighted by atomic mass is 10.1. The first-order valence-corrected chi connectivity index (χ1v) is 7.57. The topological polar surface area (TPSA) is 45.2 Å². The van der Waals surface area contributed by atoms with Gasteiger partial charge in [-0.25, -0.2) is 0 Å². The quantitative estimate of drug-likeness (QED) is 0.916. The van der Waals surface area contributed by atoms with Crippen molar-refractivity contribution in [2.45, 2.75) is 32.4 Å². The summed E-state index contributed by atoms with van der Waals surface area (Å²) in [6.45, 7) is 4.60. The number of hydrogen-bond acceptors (Lipinski definition) is 3. The second-order valence-electron chi connectivity index (χ2n) is 5.75. The summed E-state index contributed by atoms with van der Waals surface area (Å²) in [6, 6.07) is 8.58. The minimum absolute atomic E-state index is 0.283. The van der Waals surface area contributed by atoms with Crippen molar-refractivity contribution in [1.29, 1.82) is 0 Å². The zero-order chi connectivity index (χ0) is 14.7. The Morgan fingerprint density at radius 2 is 2.19 bits per heavy atom. The molecule has 1 N–H and O–H groups in total. The molecule has 1 aliphatic rings. The molecule has 1 fully saturated rings. The smallest absolute Gasteiger partial charge is 0.222 e. The molecule has 4 nitrogen and oxygen atoms in total. The molecule has 0 radical (unpaired) electrons. The highest BCUT2D eigenvalue weighted by Crippen LogP contribution is 2.17. The number of rotatable bonds is 5. The second kappa shape index (κ2) is 6.22. The third-order valence-electron chi connectivity index (χ3n) is 4.06. The van der Waals surface area contributed by atoms with Crippen LogP contribution in [-0.2, 0) is 11.3 Å². The SMILES string of the molecule is CC(CN1CCCC1=O)NCc1cncc2ccccc12. The van der Waals surface area contributed by atoms with Crippen molar-refractivity contribution in [2.24, 2.45) is 0 Å². The lowest BCUT2D eigenvalue weighted by molar-refractivity contribution is -0.127. The third-order valence-corrected chi connectivity index (χ3v) is 4.06. The largest absolute Gasteiger partial charge is 0.341 e. The van der Waals surface area contributed by atoms with Crippen LogP contribution in [0.1, 0.15) is 25.3 Å². The van der Waals surface area contributed by atoms with E-state index in [0.717, 1.165) is 26.1 Å². The average Bonchev–Trinajstić information content (AvgIpc) is 2.90. The van der Waals surface area contributed by atoms with E-state index in [9.17, 15) is 4.79 Å². The van der Waals surface area contributed by atoms with Crippen LogP contribution in [0.3, 0.4) is 0 Å². The van der Waals surface area contributed by atoms with Gasteiger partial charge in [0.05, 0.1) is 0 Å². The van der Waals surface area contributed by atoms with E-state index in [2.05, 4.69) is 35.4 Å². The number of benzene rings is 1. The van der Waals surface area contributed by atoms with Crippen molar-refractivity contribution < 1.29 is 4.79 Å². The zero-order valence-electron chi connectivity index (χ0n) is 12.4. The summed E-state index contributed by atoms with van der Waals surface area (Å²) in [5.74, 6) is 0.287. The fraction of sp³-hybridized carbons (Fsp3) is 0.412. The van der Waals surface area contributed by atoms with Gasteiger partial charge < -0.3 is 10.2 Å². The molecule has 2 aromatic rings. The molecular formula is C17H21N3O. The van der Waals surface area contributed by atoms with Crippen molar-refractivity contribution in [3.05, 3.63) is 42.2 Å². The molecule has 2 heterocycles. The van der Waals surface area contributed by atoms with Crippen LogP contribution in [0.4, 0.5) is 0 Å². The minimum Gasteiger partial charge on any atom is -0.341 e. The maximum Gasteiger partial charge on any atom is 0.222 e. The lowest BCUT2D eigenvalue weighted by Crippen LogP contribution is -2.39. The molecule has 110 valence electrons. The van der Waals surface area contributed by atoms with Gasteiger partial charge in [0.1, 0.15) is 0 Å². The van der Waals surface area contributed by atoms with Crippen LogP contribution in [-0.4, -0.2) is 34.9 Å². The minimum atomic E-state index is 0.283. The fourth-order valence-electron chi connectivity index (χ4n) is 2.90. The van der Waals surface area contributed by atoms with Gasteiger partial charge >= 0.3 is 0 Å². The summed E-state index contributed by atoms with van der Waals surface area (Å²) < 4.78 is 0. The highest BCUT2D eigenvalue weighted by molar-refractivity contribution is 5.84. The Morgan fingerprint density at radius 1 is 1.33 bits per heavy atom. The number of aromatic nitrogens is 1. The lowest BCUT2D eigenvalue weighted by Gasteiger charge is -2.22. The molecule has 1 unspecified atom stereocenters. The summed E-state index contributed by atoms with van der Waals surface area (Å²) in [6.07, 6.45) is 5.52. The molecule has 1 aromatic carbocycles. The van der Waals surface area contributed by atoms with Gasteiger partial charge in [0.2, 0.25) is 5.91 Å². The highest BCUT2D eigenvalue weighted by atomic mass is 16.2. The highest BCUT2D eigenvalue weighted by Gasteiger charge is 2.21. The van der Waals surface area contributed by atoms with Crippen molar-refractivity contribution in [2.75, 3.05) is 13.1 Å². The molecule has 1 amide bonds. The zero-order valence-corrected chi connectivity index (χ0v) is 12.4. The van der Waals surface area contributed by atoms with Crippen LogP contribution >= 0.6 is 0 Å². The van der Waals surface area contributed by atoms with Crippen LogP contribution in [0.15, 0.2) is 36.7 Å². The van der Waals surface area contributed by atoms with Crippen LogP contribution < -0.4 is 5.32 Å². The normalized spacial score (nSPS) is 16.6.